The van der Waals surface area contributed by atoms with E-state index in [2.05, 4.69) is 5.09 Å². The van der Waals surface area contributed by atoms with E-state index in [0.717, 1.165) is 12.8 Å². The fourth-order valence-corrected chi connectivity index (χ4v) is 4.01. The van der Waals surface area contributed by atoms with Crippen molar-refractivity contribution in [3.8, 4) is 0 Å². The number of nitrogens with one attached hydrogen (secondary N) is 1. The second-order valence-corrected chi connectivity index (χ2v) is 7.42. The third-order valence-corrected chi connectivity index (χ3v) is 5.08. The minimum atomic E-state index is -2.93. The Labute approximate surface area is 115 Å². The van der Waals surface area contributed by atoms with Crippen molar-refractivity contribution >= 4 is 13.5 Å². The molecule has 19 heavy (non-hydrogen) atoms. The molecule has 0 amide bonds. The summed E-state index contributed by atoms with van der Waals surface area (Å²) in [4.78, 5) is 11.8. The highest BCUT2D eigenvalue weighted by Crippen LogP contribution is 2.39. The van der Waals surface area contributed by atoms with E-state index < -0.39 is 13.6 Å². The van der Waals surface area contributed by atoms with Gasteiger partial charge in [0.25, 0.3) is 7.52 Å². The molecule has 1 aliphatic carbocycles. The highest BCUT2D eigenvalue weighted by molar-refractivity contribution is 7.56. The van der Waals surface area contributed by atoms with Gasteiger partial charge < -0.3 is 9.26 Å². The van der Waals surface area contributed by atoms with Gasteiger partial charge in [-0.1, -0.05) is 32.1 Å². The van der Waals surface area contributed by atoms with Crippen LogP contribution in [0.15, 0.2) is 0 Å². The summed E-state index contributed by atoms with van der Waals surface area (Å²) in [5.41, 5.74) is 0. The summed E-state index contributed by atoms with van der Waals surface area (Å²) in [6, 6.07) is -0.532. The maximum atomic E-state index is 12.1. The number of carbonyl (C=O) groups excluding carboxylic acids is 1. The number of ether oxygens (including phenoxy) is 1. The second-order valence-electron chi connectivity index (χ2n) is 5.21. The summed E-state index contributed by atoms with van der Waals surface area (Å²) in [6.45, 7) is 3.65. The molecule has 0 aliphatic heterocycles. The van der Waals surface area contributed by atoms with Crippen molar-refractivity contribution in [2.75, 3.05) is 20.4 Å². The molecule has 0 bridgehead atoms. The molecule has 0 saturated heterocycles. The van der Waals surface area contributed by atoms with Crippen LogP contribution in [0.2, 0.25) is 0 Å². The lowest BCUT2D eigenvalue weighted by Crippen LogP contribution is -2.38. The fraction of sp³-hybridized carbons (Fsp3) is 0.923. The van der Waals surface area contributed by atoms with Crippen molar-refractivity contribution in [3.63, 3.8) is 0 Å². The topological polar surface area (TPSA) is 64.6 Å². The Hall–Kier alpha value is -0.380. The summed E-state index contributed by atoms with van der Waals surface area (Å²) in [6.07, 6.45) is 6.66. The van der Waals surface area contributed by atoms with E-state index in [1.165, 1.54) is 33.0 Å². The van der Waals surface area contributed by atoms with Crippen LogP contribution in [0.4, 0.5) is 0 Å². The minimum absolute atomic E-state index is 0.354. The molecule has 1 unspecified atom stereocenters. The van der Waals surface area contributed by atoms with Crippen molar-refractivity contribution in [2.45, 2.75) is 51.5 Å². The highest BCUT2D eigenvalue weighted by atomic mass is 31.2. The van der Waals surface area contributed by atoms with Crippen LogP contribution in [-0.4, -0.2) is 32.4 Å². The summed E-state index contributed by atoms with van der Waals surface area (Å²) >= 11 is 0. The van der Waals surface area contributed by atoms with Gasteiger partial charge in [0.1, 0.15) is 6.04 Å². The zero-order valence-corrected chi connectivity index (χ0v) is 13.1. The Morgan fingerprint density at radius 2 is 2.00 bits per heavy atom. The Morgan fingerprint density at radius 1 is 1.37 bits per heavy atom. The van der Waals surface area contributed by atoms with Gasteiger partial charge in [0, 0.05) is 6.66 Å². The van der Waals surface area contributed by atoms with Crippen LogP contribution >= 0.6 is 7.52 Å². The van der Waals surface area contributed by atoms with E-state index in [1.807, 2.05) is 0 Å². The van der Waals surface area contributed by atoms with Gasteiger partial charge in [-0.15, -0.1) is 0 Å². The lowest BCUT2D eigenvalue weighted by Gasteiger charge is -2.27. The van der Waals surface area contributed by atoms with E-state index in [4.69, 9.17) is 9.26 Å². The monoisotopic (exact) mass is 291 g/mol. The smallest absolute Gasteiger partial charge is 0.323 e. The molecule has 112 valence electrons. The molecule has 5 nitrogen and oxygen atoms in total. The van der Waals surface area contributed by atoms with Gasteiger partial charge in [-0.05, 0) is 19.3 Å². The summed E-state index contributed by atoms with van der Waals surface area (Å²) in [5, 5.41) is 2.85. The van der Waals surface area contributed by atoms with Gasteiger partial charge in [-0.2, -0.15) is 0 Å². The molecule has 1 N–H and O–H groups in total. The van der Waals surface area contributed by atoms with E-state index in [0.29, 0.717) is 18.9 Å². The number of carbonyl (C=O) groups is 1. The third-order valence-electron chi connectivity index (χ3n) is 3.55. The first-order valence-electron chi connectivity index (χ1n) is 7.06. The van der Waals surface area contributed by atoms with Gasteiger partial charge >= 0.3 is 5.97 Å². The largest absolute Gasteiger partial charge is 0.468 e. The van der Waals surface area contributed by atoms with Crippen molar-refractivity contribution < 1.29 is 18.6 Å². The molecule has 0 aromatic heterocycles. The van der Waals surface area contributed by atoms with E-state index >= 15 is 0 Å². The fourth-order valence-electron chi connectivity index (χ4n) is 2.67. The Kier molecular flexibility index (Phi) is 7.05. The Balaban J connectivity index is 2.60. The van der Waals surface area contributed by atoms with Crippen LogP contribution in [0.3, 0.4) is 0 Å². The number of hydrogen-bond donors (Lipinski definition) is 1. The molecule has 1 fully saturated rings. The number of hydrogen-bond acceptors (Lipinski definition) is 4. The van der Waals surface area contributed by atoms with Gasteiger partial charge in [-0.25, -0.2) is 5.09 Å². The molecule has 2 atom stereocenters. The molecule has 0 spiro atoms. The van der Waals surface area contributed by atoms with Crippen LogP contribution < -0.4 is 5.09 Å². The first-order chi connectivity index (χ1) is 8.98. The zero-order chi connectivity index (χ0) is 14.3. The molecule has 0 radical (unpaired) electrons. The number of methoxy groups -OCH3 is 1. The van der Waals surface area contributed by atoms with Crippen LogP contribution in [-0.2, 0) is 18.6 Å². The van der Waals surface area contributed by atoms with E-state index in [1.54, 1.807) is 6.92 Å². The molecule has 1 rings (SSSR count). The van der Waals surface area contributed by atoms with Crippen LogP contribution in [0, 0.1) is 5.92 Å². The lowest BCUT2D eigenvalue weighted by molar-refractivity contribution is -0.143. The highest BCUT2D eigenvalue weighted by Gasteiger charge is 2.30. The molecule has 1 saturated carbocycles. The summed E-state index contributed by atoms with van der Waals surface area (Å²) < 4.78 is 22.1. The first kappa shape index (κ1) is 16.7. The zero-order valence-electron chi connectivity index (χ0n) is 12.2. The van der Waals surface area contributed by atoms with Crippen molar-refractivity contribution in [3.05, 3.63) is 0 Å². The van der Waals surface area contributed by atoms with E-state index in [9.17, 15) is 9.36 Å². The second kappa shape index (κ2) is 8.03. The summed E-state index contributed by atoms with van der Waals surface area (Å²) in [7, 11) is -1.57. The Bertz CT molecular complexity index is 329. The molecular formula is C13H26NO4P. The SMILES string of the molecule is CCOP(C)(=O)N[C@@H](CC1CCCCC1)C(=O)OC. The first-order valence-corrected chi connectivity index (χ1v) is 9.13. The van der Waals surface area contributed by atoms with Crippen LogP contribution in [0.5, 0.6) is 0 Å². The van der Waals surface area contributed by atoms with Crippen LogP contribution in [0.1, 0.15) is 45.4 Å². The van der Waals surface area contributed by atoms with Crippen molar-refractivity contribution in [1.29, 1.82) is 0 Å². The number of esters is 1. The van der Waals surface area contributed by atoms with Gasteiger partial charge in [-0.3, -0.25) is 9.36 Å². The molecular weight excluding hydrogens is 265 g/mol. The average Bonchev–Trinajstić information content (AvgIpc) is 2.38. The maximum Gasteiger partial charge on any atom is 0.323 e. The van der Waals surface area contributed by atoms with Crippen LogP contribution in [0.25, 0.3) is 0 Å². The summed E-state index contributed by atoms with van der Waals surface area (Å²) in [5.74, 6) is 0.152. The maximum absolute atomic E-state index is 12.1. The van der Waals surface area contributed by atoms with Gasteiger partial charge in [0.2, 0.25) is 0 Å². The van der Waals surface area contributed by atoms with Gasteiger partial charge in [0.15, 0.2) is 0 Å². The molecule has 6 heteroatoms. The average molecular weight is 291 g/mol. The molecule has 0 aromatic carbocycles. The van der Waals surface area contributed by atoms with Crippen molar-refractivity contribution in [1.82, 2.24) is 5.09 Å². The molecule has 1 aliphatic rings. The minimum Gasteiger partial charge on any atom is -0.468 e. The predicted octanol–water partition coefficient (Wildman–Crippen LogP) is 2.95. The standard InChI is InChI=1S/C13H26NO4P/c1-4-18-19(3,16)14-12(13(15)17-2)10-11-8-6-5-7-9-11/h11-12H,4-10H2,1-3H3,(H,14,16)/t12-,19?/m0/s1. The third kappa shape index (κ3) is 6.07. The Morgan fingerprint density at radius 3 is 2.53 bits per heavy atom. The van der Waals surface area contributed by atoms with E-state index in [-0.39, 0.29) is 5.97 Å². The normalized spacial score (nSPS) is 21.6. The molecule has 0 heterocycles. The van der Waals surface area contributed by atoms with Gasteiger partial charge in [0.05, 0.1) is 13.7 Å². The quantitative estimate of drug-likeness (QED) is 0.577. The molecule has 0 aromatic rings. The number of rotatable bonds is 7. The predicted molar refractivity (Wildman–Crippen MR) is 75.3 cm³/mol. The van der Waals surface area contributed by atoms with Crippen molar-refractivity contribution in [2.24, 2.45) is 5.92 Å². The lowest BCUT2D eigenvalue weighted by atomic mass is 9.85.